The number of rotatable bonds is 1. The van der Waals surface area contributed by atoms with Crippen molar-refractivity contribution in [2.45, 2.75) is 26.2 Å². The number of allylic oxidation sites excluding steroid dienone is 1. The number of nitrogens with one attached hydrogen (secondary N) is 2. The Hall–Kier alpha value is -1.32. The van der Waals surface area contributed by atoms with Crippen LogP contribution in [0.1, 0.15) is 26.2 Å². The summed E-state index contributed by atoms with van der Waals surface area (Å²) < 4.78 is 0. The normalized spacial score (nSPS) is 16.8. The molecule has 0 saturated carbocycles. The van der Waals surface area contributed by atoms with Gasteiger partial charge in [0.25, 0.3) is 0 Å². The zero-order chi connectivity index (χ0) is 9.68. The first kappa shape index (κ1) is 9.77. The molecule has 2 N–H and O–H groups in total. The summed E-state index contributed by atoms with van der Waals surface area (Å²) in [6.45, 7) is 1.50. The van der Waals surface area contributed by atoms with Crippen LogP contribution >= 0.6 is 0 Å². The molecule has 0 saturated heterocycles. The standard InChI is InChI=1S/C9H15N3O/c1-7(13)12-9-5-3-4-8(10-2)6-11-9/h6,10H,3-5H2,1-2H3,(H,11,12,13). The highest BCUT2D eigenvalue weighted by atomic mass is 16.1. The van der Waals surface area contributed by atoms with Gasteiger partial charge in [-0.1, -0.05) is 0 Å². The van der Waals surface area contributed by atoms with Gasteiger partial charge >= 0.3 is 0 Å². The van der Waals surface area contributed by atoms with E-state index in [2.05, 4.69) is 15.6 Å². The fraction of sp³-hybridized carbons (Fsp3) is 0.556. The molecule has 1 aliphatic heterocycles. The van der Waals surface area contributed by atoms with Crippen molar-refractivity contribution < 1.29 is 4.79 Å². The van der Waals surface area contributed by atoms with Gasteiger partial charge in [0.15, 0.2) is 0 Å². The SMILES string of the molecule is CNC1=CN=C(NC(C)=O)CCC1. The highest BCUT2D eigenvalue weighted by Gasteiger charge is 2.05. The molecule has 0 bridgehead atoms. The molecule has 0 unspecified atom stereocenters. The van der Waals surface area contributed by atoms with Crippen LogP contribution < -0.4 is 10.6 Å². The van der Waals surface area contributed by atoms with Gasteiger partial charge in [0, 0.05) is 32.3 Å². The lowest BCUT2D eigenvalue weighted by molar-refractivity contribution is -0.117. The molecule has 0 aliphatic carbocycles. The Morgan fingerprint density at radius 1 is 1.54 bits per heavy atom. The molecule has 1 aliphatic rings. The quantitative estimate of drug-likeness (QED) is 0.627. The first-order valence-corrected chi connectivity index (χ1v) is 4.43. The van der Waals surface area contributed by atoms with E-state index in [1.165, 1.54) is 6.92 Å². The number of nitrogens with zero attached hydrogens (tertiary/aromatic N) is 1. The molecule has 4 nitrogen and oxygen atoms in total. The second-order valence-corrected chi connectivity index (χ2v) is 3.01. The Balaban J connectivity index is 2.60. The number of aliphatic imine (C=N–C) groups is 1. The Morgan fingerprint density at radius 3 is 2.92 bits per heavy atom. The zero-order valence-corrected chi connectivity index (χ0v) is 8.05. The van der Waals surface area contributed by atoms with Gasteiger partial charge < -0.3 is 10.6 Å². The van der Waals surface area contributed by atoms with Gasteiger partial charge in [-0.15, -0.1) is 0 Å². The van der Waals surface area contributed by atoms with Crippen molar-refractivity contribution in [2.24, 2.45) is 4.99 Å². The molecule has 0 aromatic heterocycles. The summed E-state index contributed by atoms with van der Waals surface area (Å²) in [4.78, 5) is 14.9. The highest BCUT2D eigenvalue weighted by molar-refractivity contribution is 5.97. The van der Waals surface area contributed by atoms with Crippen molar-refractivity contribution in [2.75, 3.05) is 7.05 Å². The lowest BCUT2D eigenvalue weighted by Gasteiger charge is -2.02. The van der Waals surface area contributed by atoms with Crippen LogP contribution in [0.3, 0.4) is 0 Å². The van der Waals surface area contributed by atoms with Gasteiger partial charge in [-0.25, -0.2) is 4.99 Å². The van der Waals surface area contributed by atoms with E-state index in [1.54, 1.807) is 6.20 Å². The Kier molecular flexibility index (Phi) is 3.49. The van der Waals surface area contributed by atoms with Crippen LogP contribution in [0.25, 0.3) is 0 Å². The Morgan fingerprint density at radius 2 is 2.31 bits per heavy atom. The van der Waals surface area contributed by atoms with Crippen molar-refractivity contribution in [3.05, 3.63) is 11.9 Å². The third-order valence-corrected chi connectivity index (χ3v) is 1.88. The molecule has 72 valence electrons. The molecule has 4 heteroatoms. The van der Waals surface area contributed by atoms with Crippen LogP contribution in [-0.2, 0) is 4.79 Å². The molecule has 0 aromatic carbocycles. The number of hydrogen-bond donors (Lipinski definition) is 2. The second kappa shape index (κ2) is 4.64. The molecular formula is C9H15N3O. The third kappa shape index (κ3) is 3.27. The van der Waals surface area contributed by atoms with Crippen LogP contribution in [0.2, 0.25) is 0 Å². The molecule has 0 spiro atoms. The second-order valence-electron chi connectivity index (χ2n) is 3.01. The van der Waals surface area contributed by atoms with Crippen LogP contribution in [0.4, 0.5) is 0 Å². The van der Waals surface area contributed by atoms with E-state index in [0.29, 0.717) is 0 Å². The van der Waals surface area contributed by atoms with Crippen LogP contribution in [0, 0.1) is 0 Å². The predicted octanol–water partition coefficient (Wildman–Crippen LogP) is 0.766. The van der Waals surface area contributed by atoms with Gasteiger partial charge in [-0.05, 0) is 12.8 Å². The predicted molar refractivity (Wildman–Crippen MR) is 52.2 cm³/mol. The fourth-order valence-corrected chi connectivity index (χ4v) is 1.22. The first-order chi connectivity index (χ1) is 6.22. The molecule has 0 atom stereocenters. The van der Waals surface area contributed by atoms with Gasteiger partial charge in [0.1, 0.15) is 5.84 Å². The highest BCUT2D eigenvalue weighted by Crippen LogP contribution is 2.09. The average Bonchev–Trinajstić information content (AvgIpc) is 2.29. The molecule has 0 radical (unpaired) electrons. The maximum Gasteiger partial charge on any atom is 0.222 e. The maximum atomic E-state index is 10.7. The smallest absolute Gasteiger partial charge is 0.222 e. The summed E-state index contributed by atoms with van der Waals surface area (Å²) in [5.41, 5.74) is 1.11. The lowest BCUT2D eigenvalue weighted by atomic mass is 10.2. The van der Waals surface area contributed by atoms with Crippen molar-refractivity contribution in [3.63, 3.8) is 0 Å². The van der Waals surface area contributed by atoms with Crippen molar-refractivity contribution in [1.29, 1.82) is 0 Å². The molecule has 1 amide bonds. The van der Waals surface area contributed by atoms with E-state index in [9.17, 15) is 4.79 Å². The van der Waals surface area contributed by atoms with Crippen LogP contribution in [-0.4, -0.2) is 18.8 Å². The minimum absolute atomic E-state index is 0.0555. The van der Waals surface area contributed by atoms with Crippen LogP contribution in [0.5, 0.6) is 0 Å². The Bertz CT molecular complexity index is 256. The zero-order valence-electron chi connectivity index (χ0n) is 8.05. The largest absolute Gasteiger partial charge is 0.390 e. The average molecular weight is 181 g/mol. The van der Waals surface area contributed by atoms with E-state index < -0.39 is 0 Å². The number of carbonyl (C=O) groups excluding carboxylic acids is 1. The third-order valence-electron chi connectivity index (χ3n) is 1.88. The molecule has 1 rings (SSSR count). The minimum Gasteiger partial charge on any atom is -0.390 e. The summed E-state index contributed by atoms with van der Waals surface area (Å²) in [7, 11) is 1.88. The summed E-state index contributed by atoms with van der Waals surface area (Å²) >= 11 is 0. The van der Waals surface area contributed by atoms with Gasteiger partial charge in [0.05, 0.1) is 0 Å². The van der Waals surface area contributed by atoms with Gasteiger partial charge in [0.2, 0.25) is 5.91 Å². The first-order valence-electron chi connectivity index (χ1n) is 4.43. The van der Waals surface area contributed by atoms with Crippen molar-refractivity contribution >= 4 is 11.7 Å². The number of hydrogen-bond acceptors (Lipinski definition) is 3. The lowest BCUT2D eigenvalue weighted by Crippen LogP contribution is -2.27. The van der Waals surface area contributed by atoms with E-state index >= 15 is 0 Å². The summed E-state index contributed by atoms with van der Waals surface area (Å²) in [6, 6.07) is 0. The van der Waals surface area contributed by atoms with E-state index in [4.69, 9.17) is 0 Å². The van der Waals surface area contributed by atoms with Crippen molar-refractivity contribution in [1.82, 2.24) is 10.6 Å². The van der Waals surface area contributed by atoms with E-state index in [-0.39, 0.29) is 5.91 Å². The molecule has 0 aromatic rings. The number of amides is 1. The molecule has 0 fully saturated rings. The fourth-order valence-electron chi connectivity index (χ4n) is 1.22. The van der Waals surface area contributed by atoms with Gasteiger partial charge in [-0.3, -0.25) is 4.79 Å². The summed E-state index contributed by atoms with van der Waals surface area (Å²) in [5.74, 6) is 0.706. The van der Waals surface area contributed by atoms with E-state index in [1.807, 2.05) is 7.05 Å². The van der Waals surface area contributed by atoms with E-state index in [0.717, 1.165) is 30.8 Å². The summed E-state index contributed by atoms with van der Waals surface area (Å²) in [5, 5.41) is 5.76. The number of amidine groups is 1. The monoisotopic (exact) mass is 181 g/mol. The molecular weight excluding hydrogens is 166 g/mol. The Labute approximate surface area is 78.1 Å². The molecule has 13 heavy (non-hydrogen) atoms. The summed E-state index contributed by atoms with van der Waals surface area (Å²) in [6.07, 6.45) is 4.62. The topological polar surface area (TPSA) is 53.5 Å². The minimum atomic E-state index is -0.0555. The van der Waals surface area contributed by atoms with Crippen LogP contribution in [0.15, 0.2) is 16.9 Å². The number of carbonyl (C=O) groups is 1. The maximum absolute atomic E-state index is 10.7. The van der Waals surface area contributed by atoms with Crippen molar-refractivity contribution in [3.8, 4) is 0 Å². The van der Waals surface area contributed by atoms with Gasteiger partial charge in [-0.2, -0.15) is 0 Å². The molecule has 1 heterocycles.